The molecular weight excluding hydrogens is 340 g/mol. The second kappa shape index (κ2) is 7.87. The lowest BCUT2D eigenvalue weighted by Crippen LogP contribution is -2.42. The van der Waals surface area contributed by atoms with Gasteiger partial charge in [-0.05, 0) is 0 Å². The number of aliphatic hydroxyl groups is 1. The molecule has 8 heteroatoms. The van der Waals surface area contributed by atoms with Crippen LogP contribution in [-0.2, 0) is 17.3 Å². The highest BCUT2D eigenvalue weighted by Gasteiger charge is 2.42. The summed E-state index contributed by atoms with van der Waals surface area (Å²) in [6, 6.07) is -0.188. The Morgan fingerprint density at radius 3 is 2.82 bits per heavy atom. The second-order valence-corrected chi connectivity index (χ2v) is 4.68. The number of hydrogen-bond acceptors (Lipinski definition) is 6. The zero-order valence-electron chi connectivity index (χ0n) is 10.0. The Hall–Kier alpha value is 0.555. The molecule has 100 valence electrons. The van der Waals surface area contributed by atoms with Crippen LogP contribution in [0.25, 0.3) is 0 Å². The predicted octanol–water partition coefficient (Wildman–Crippen LogP) is -1.57. The number of nitrogens with two attached hydrogens (primary N) is 1. The third-order valence-electron chi connectivity index (χ3n) is 2.76. The molecule has 0 saturated carbocycles. The number of methoxy groups -OCH3 is 1. The van der Waals surface area contributed by atoms with Crippen LogP contribution in [-0.4, -0.2) is 70.2 Å². The van der Waals surface area contributed by atoms with Crippen molar-refractivity contribution in [3.63, 3.8) is 0 Å². The maximum Gasteiger partial charge on any atom is 0.142 e. The SMILES string of the molecule is B[C@@H]1O[C@H](COI)C(O)C1OC(CN)COC. The van der Waals surface area contributed by atoms with Crippen LogP contribution in [0.3, 0.4) is 0 Å². The van der Waals surface area contributed by atoms with Crippen molar-refractivity contribution < 1.29 is 22.4 Å². The molecule has 0 bridgehead atoms. The van der Waals surface area contributed by atoms with Crippen molar-refractivity contribution in [2.24, 2.45) is 5.73 Å². The van der Waals surface area contributed by atoms with Crippen molar-refractivity contribution in [1.82, 2.24) is 0 Å². The maximum atomic E-state index is 10.0. The van der Waals surface area contributed by atoms with Crippen molar-refractivity contribution in [3.05, 3.63) is 0 Å². The number of hydrogen-bond donors (Lipinski definition) is 2. The van der Waals surface area contributed by atoms with Gasteiger partial charge in [0.1, 0.15) is 49.2 Å². The molecule has 3 N–H and O–H groups in total. The van der Waals surface area contributed by atoms with Crippen molar-refractivity contribution in [3.8, 4) is 0 Å². The van der Waals surface area contributed by atoms with Gasteiger partial charge in [0.05, 0.1) is 25.3 Å². The summed E-state index contributed by atoms with van der Waals surface area (Å²) in [5.74, 6) is 0. The first-order chi connectivity index (χ1) is 8.13. The Kier molecular flexibility index (Phi) is 7.23. The molecule has 0 aromatic rings. The molecule has 1 aliphatic rings. The molecule has 3 unspecified atom stereocenters. The average Bonchev–Trinajstić information content (AvgIpc) is 2.56. The number of ether oxygens (including phenoxy) is 3. The summed E-state index contributed by atoms with van der Waals surface area (Å²) >= 11 is 1.78. The highest BCUT2D eigenvalue weighted by Crippen LogP contribution is 2.24. The third-order valence-corrected chi connectivity index (χ3v) is 3.12. The van der Waals surface area contributed by atoms with Crippen LogP contribution in [0.4, 0.5) is 0 Å². The van der Waals surface area contributed by atoms with E-state index in [0.717, 1.165) is 0 Å². The first-order valence-electron chi connectivity index (χ1n) is 5.55. The summed E-state index contributed by atoms with van der Waals surface area (Å²) in [6.07, 6.45) is -1.68. The van der Waals surface area contributed by atoms with E-state index >= 15 is 0 Å². The molecule has 1 rings (SSSR count). The summed E-state index contributed by atoms with van der Waals surface area (Å²) in [7, 11) is 3.45. The minimum absolute atomic E-state index is 0.188. The summed E-state index contributed by atoms with van der Waals surface area (Å²) in [5.41, 5.74) is 5.57. The van der Waals surface area contributed by atoms with E-state index in [0.29, 0.717) is 19.8 Å². The van der Waals surface area contributed by atoms with E-state index in [1.807, 2.05) is 7.85 Å². The van der Waals surface area contributed by atoms with Crippen molar-refractivity contribution in [1.29, 1.82) is 0 Å². The van der Waals surface area contributed by atoms with Crippen LogP contribution < -0.4 is 5.73 Å². The zero-order valence-corrected chi connectivity index (χ0v) is 12.2. The van der Waals surface area contributed by atoms with Crippen molar-refractivity contribution >= 4 is 30.9 Å². The average molecular weight is 359 g/mol. The fourth-order valence-corrected chi connectivity index (χ4v) is 2.24. The van der Waals surface area contributed by atoms with E-state index in [1.165, 1.54) is 0 Å². The van der Waals surface area contributed by atoms with Gasteiger partial charge < -0.3 is 28.1 Å². The molecule has 1 heterocycles. The number of halogens is 1. The standard InChI is InChI=1S/C9H19BINO5/c1-14-3-5(2-12)16-8-7(13)6(4-15-11)17-9(8)10/h5-9,13H,2-4,10,12H2,1H3/t5?,6-,7?,8?,9-/m1/s1. The first-order valence-corrected chi connectivity index (χ1v) is 6.43. The van der Waals surface area contributed by atoms with Gasteiger partial charge in [-0.1, -0.05) is 0 Å². The summed E-state index contributed by atoms with van der Waals surface area (Å²) < 4.78 is 21.2. The van der Waals surface area contributed by atoms with E-state index in [4.69, 9.17) is 23.0 Å². The highest BCUT2D eigenvalue weighted by atomic mass is 127. The Bertz CT molecular complexity index is 226. The van der Waals surface area contributed by atoms with Crippen LogP contribution in [0, 0.1) is 0 Å². The first kappa shape index (κ1) is 15.6. The summed E-state index contributed by atoms with van der Waals surface area (Å²) in [6.45, 7) is 1.08. The van der Waals surface area contributed by atoms with Crippen LogP contribution in [0.2, 0.25) is 0 Å². The van der Waals surface area contributed by atoms with E-state index in [9.17, 15) is 5.11 Å². The number of rotatable bonds is 7. The lowest BCUT2D eigenvalue weighted by atomic mass is 9.92. The van der Waals surface area contributed by atoms with E-state index < -0.39 is 12.2 Å². The van der Waals surface area contributed by atoms with Gasteiger partial charge in [0.2, 0.25) is 0 Å². The summed E-state index contributed by atoms with van der Waals surface area (Å²) in [5, 5.41) is 10.0. The van der Waals surface area contributed by atoms with Gasteiger partial charge in [0.25, 0.3) is 0 Å². The molecule has 1 saturated heterocycles. The van der Waals surface area contributed by atoms with Crippen LogP contribution >= 0.6 is 23.0 Å². The Morgan fingerprint density at radius 1 is 1.59 bits per heavy atom. The van der Waals surface area contributed by atoms with Crippen LogP contribution in [0.5, 0.6) is 0 Å². The lowest BCUT2D eigenvalue weighted by Gasteiger charge is -2.24. The molecule has 1 aliphatic heterocycles. The predicted molar refractivity (Wildman–Crippen MR) is 72.8 cm³/mol. The van der Waals surface area contributed by atoms with Gasteiger partial charge in [-0.15, -0.1) is 0 Å². The largest absolute Gasteiger partial charge is 0.388 e. The van der Waals surface area contributed by atoms with Crippen LogP contribution in [0.15, 0.2) is 0 Å². The van der Waals surface area contributed by atoms with Gasteiger partial charge in [0.15, 0.2) is 0 Å². The Labute approximate surface area is 116 Å². The molecule has 17 heavy (non-hydrogen) atoms. The molecule has 0 spiro atoms. The molecule has 0 aliphatic carbocycles. The Balaban J connectivity index is 2.51. The quantitative estimate of drug-likeness (QED) is 0.422. The second-order valence-electron chi connectivity index (χ2n) is 4.06. The topological polar surface area (TPSA) is 83.2 Å². The molecule has 6 nitrogen and oxygen atoms in total. The molecule has 1 fully saturated rings. The Morgan fingerprint density at radius 2 is 2.29 bits per heavy atom. The monoisotopic (exact) mass is 359 g/mol. The summed E-state index contributed by atoms with van der Waals surface area (Å²) in [4.78, 5) is 0. The van der Waals surface area contributed by atoms with Gasteiger partial charge in [0, 0.05) is 13.7 Å². The van der Waals surface area contributed by atoms with Crippen LogP contribution in [0.1, 0.15) is 0 Å². The zero-order chi connectivity index (χ0) is 12.8. The molecule has 0 amide bonds. The van der Waals surface area contributed by atoms with Gasteiger partial charge in [-0.25, -0.2) is 0 Å². The van der Waals surface area contributed by atoms with E-state index in [2.05, 4.69) is 0 Å². The smallest absolute Gasteiger partial charge is 0.142 e. The molecule has 0 aromatic heterocycles. The van der Waals surface area contributed by atoms with Gasteiger partial charge >= 0.3 is 0 Å². The third kappa shape index (κ3) is 4.30. The van der Waals surface area contributed by atoms with Gasteiger partial charge in [-0.3, -0.25) is 0 Å². The molecule has 0 radical (unpaired) electrons. The normalized spacial score (nSPS) is 35.1. The molecular formula is C9H19BINO5. The minimum atomic E-state index is -0.703. The van der Waals surface area contributed by atoms with Crippen molar-refractivity contribution in [2.75, 3.05) is 26.9 Å². The number of aliphatic hydroxyl groups excluding tert-OH is 1. The minimum Gasteiger partial charge on any atom is -0.388 e. The molecule has 5 atom stereocenters. The highest BCUT2D eigenvalue weighted by molar-refractivity contribution is 14.1. The van der Waals surface area contributed by atoms with E-state index in [-0.39, 0.29) is 18.2 Å². The lowest BCUT2D eigenvalue weighted by molar-refractivity contribution is -0.0830. The van der Waals surface area contributed by atoms with E-state index in [1.54, 1.807) is 30.1 Å². The van der Waals surface area contributed by atoms with Crippen molar-refractivity contribution in [2.45, 2.75) is 30.4 Å². The molecule has 0 aromatic carbocycles. The fraction of sp³-hybridized carbons (Fsp3) is 1.00. The van der Waals surface area contributed by atoms with Gasteiger partial charge in [-0.2, -0.15) is 0 Å². The maximum absolute atomic E-state index is 10.0. The fourth-order valence-electron chi connectivity index (χ4n) is 1.88.